The Morgan fingerprint density at radius 1 is 0.945 bits per heavy atom. The molecule has 0 radical (unpaired) electrons. The number of hydrogen-bond donors (Lipinski definition) is 1. The van der Waals surface area contributed by atoms with Crippen LogP contribution in [0, 0.1) is 25.7 Å². The van der Waals surface area contributed by atoms with Crippen molar-refractivity contribution in [3.63, 3.8) is 0 Å². The second kappa shape index (κ2) is 26.1. The first-order chi connectivity index (χ1) is 25.9. The van der Waals surface area contributed by atoms with E-state index in [2.05, 4.69) is 69.6 Å². The normalized spacial score (nSPS) is 13.5. The van der Waals surface area contributed by atoms with E-state index in [4.69, 9.17) is 14.3 Å². The fourth-order valence-corrected chi connectivity index (χ4v) is 5.41. The van der Waals surface area contributed by atoms with Gasteiger partial charge in [0.15, 0.2) is 0 Å². The van der Waals surface area contributed by atoms with E-state index in [-0.39, 0.29) is 60.7 Å². The third kappa shape index (κ3) is 16.4. The van der Waals surface area contributed by atoms with Crippen LogP contribution in [0.4, 0.5) is 13.2 Å². The van der Waals surface area contributed by atoms with Gasteiger partial charge in [0.05, 0.1) is 33.4 Å². The van der Waals surface area contributed by atoms with Crippen molar-refractivity contribution >= 4 is 29.3 Å². The summed E-state index contributed by atoms with van der Waals surface area (Å²) in [5.74, 6) is -1.57. The van der Waals surface area contributed by atoms with Gasteiger partial charge in [-0.3, -0.25) is 14.1 Å². The number of rotatable bonds is 9. The van der Waals surface area contributed by atoms with Crippen LogP contribution >= 0.6 is 0 Å². The van der Waals surface area contributed by atoms with Gasteiger partial charge in [-0.05, 0) is 41.9 Å². The van der Waals surface area contributed by atoms with Crippen LogP contribution in [-0.2, 0) is 25.6 Å². The minimum Gasteiger partial charge on any atom is -0.655 e. The molecule has 6 rings (SSSR count). The molecule has 0 amide bonds. The molecule has 0 aromatic heterocycles. The average Bonchev–Trinajstić information content (AvgIpc) is 4.07. The molecule has 55 heavy (non-hydrogen) atoms. The first-order valence-corrected chi connectivity index (χ1v) is 17.6. The van der Waals surface area contributed by atoms with Crippen LogP contribution in [0.25, 0.3) is 28.0 Å². The van der Waals surface area contributed by atoms with Crippen molar-refractivity contribution in [2.24, 2.45) is 0 Å². The Labute approximate surface area is 346 Å². The summed E-state index contributed by atoms with van der Waals surface area (Å²) in [6, 6.07) is 22.1. The van der Waals surface area contributed by atoms with E-state index in [1.807, 2.05) is 25.1 Å². The van der Waals surface area contributed by atoms with Crippen LogP contribution in [0.5, 0.6) is 11.5 Å². The Kier molecular flexibility index (Phi) is 23.3. The summed E-state index contributed by atoms with van der Waals surface area (Å²) in [7, 11) is 7.62. The maximum absolute atomic E-state index is 13.6. The zero-order valence-electron chi connectivity index (χ0n) is 33.5. The van der Waals surface area contributed by atoms with Gasteiger partial charge in [0.2, 0.25) is 0 Å². The molecule has 1 heterocycles. The van der Waals surface area contributed by atoms with Crippen molar-refractivity contribution < 1.29 is 71.3 Å². The summed E-state index contributed by atoms with van der Waals surface area (Å²) in [6.07, 6.45) is 5.82. The van der Waals surface area contributed by atoms with Crippen molar-refractivity contribution in [3.8, 4) is 22.6 Å². The molecule has 0 atom stereocenters. The quantitative estimate of drug-likeness (QED) is 0.128. The van der Waals surface area contributed by atoms with E-state index in [1.165, 1.54) is 63.0 Å². The molecular formula is C43H53F3N2NaO6-. The van der Waals surface area contributed by atoms with Crippen molar-refractivity contribution in [1.82, 2.24) is 10.2 Å². The monoisotopic (exact) mass is 773 g/mol. The van der Waals surface area contributed by atoms with E-state index < -0.39 is 5.92 Å². The fourth-order valence-electron chi connectivity index (χ4n) is 5.41. The largest absolute Gasteiger partial charge is 1.00 e. The van der Waals surface area contributed by atoms with E-state index >= 15 is 0 Å². The van der Waals surface area contributed by atoms with Gasteiger partial charge >= 0.3 is 35.5 Å². The van der Waals surface area contributed by atoms with Gasteiger partial charge in [0.1, 0.15) is 11.5 Å². The number of fused-ring (bicyclic) bond motifs is 1. The number of aryl methyl sites for hydroxylation is 2. The number of nitrogens with zero attached hydrogens (tertiary/aromatic N) is 1. The molecule has 0 spiro atoms. The maximum atomic E-state index is 13.6. The number of hydrogen-bond acceptors (Lipinski definition) is 8. The predicted octanol–water partition coefficient (Wildman–Crippen LogP) is 5.89. The molecule has 1 N–H and O–H groups in total. The number of piperidine rings is 1. The van der Waals surface area contributed by atoms with Gasteiger partial charge < -0.3 is 29.1 Å². The van der Waals surface area contributed by atoms with Crippen LogP contribution in [0.15, 0.2) is 67.2 Å². The Balaban J connectivity index is 0.000000491. The zero-order valence-corrected chi connectivity index (χ0v) is 35.5. The van der Waals surface area contributed by atoms with Crippen LogP contribution in [-0.4, -0.2) is 78.4 Å². The number of carbonyl (C=O) groups excluding carboxylic acids is 2. The molecule has 1 aliphatic carbocycles. The first-order valence-electron chi connectivity index (χ1n) is 17.6. The number of alkyl halides is 2. The third-order valence-corrected chi connectivity index (χ3v) is 8.40. The van der Waals surface area contributed by atoms with E-state index in [0.29, 0.717) is 25.2 Å². The predicted molar refractivity (Wildman–Crippen MR) is 209 cm³/mol. The number of ether oxygens (including phenoxy) is 4. The smallest absolute Gasteiger partial charge is 0.655 e. The molecule has 4 aromatic rings. The van der Waals surface area contributed by atoms with E-state index in [0.717, 1.165) is 39.1 Å². The molecule has 2 aliphatic rings. The van der Waals surface area contributed by atoms with Crippen LogP contribution < -0.4 is 44.3 Å². The van der Waals surface area contributed by atoms with Gasteiger partial charge in [-0.15, -0.1) is 18.2 Å². The number of halogens is 3. The molecule has 1 aliphatic heterocycles. The van der Waals surface area contributed by atoms with E-state index in [1.54, 1.807) is 27.3 Å². The third-order valence-electron chi connectivity index (χ3n) is 8.40. The minimum atomic E-state index is -2.55. The standard InChI is InChI=1S/C25H27F2NO2.C9H8F.C4H9NO2.C3H6.C2H3O2.Na/c1-17-6-4-8-20-19(17)7-5-9-21(20)23-22(29-2)11-10-18(24(23)30-3)16-28-14-12-25(26,27)13-15-28;1-3-8-7(2)5-4-6-9(8)10;1-5-3-4(6)7-2;1-2-3-1;1-4-2-3;/h4-11H,12-16H2,1-3H3;3,5-6H,1H2,2H3;5H,3H2,1-2H3;1-3H2;1H3;/q;-1;;;-1;+1. The molecular weight excluding hydrogens is 720 g/mol. The molecule has 8 nitrogen and oxygen atoms in total. The van der Waals surface area contributed by atoms with Crippen molar-refractivity contribution in [1.29, 1.82) is 0 Å². The number of likely N-dealkylation sites (N-methyl/N-ethyl adjacent to an activating group) is 1. The summed E-state index contributed by atoms with van der Waals surface area (Å²) in [4.78, 5) is 21.0. The van der Waals surface area contributed by atoms with Crippen LogP contribution in [0.3, 0.4) is 0 Å². The van der Waals surface area contributed by atoms with Crippen molar-refractivity contribution in [2.75, 3.05) is 55.1 Å². The Morgan fingerprint density at radius 3 is 2.04 bits per heavy atom. The van der Waals surface area contributed by atoms with E-state index in [9.17, 15) is 18.0 Å². The summed E-state index contributed by atoms with van der Waals surface area (Å²) in [6.45, 7) is 10.2. The van der Waals surface area contributed by atoms with Crippen molar-refractivity contribution in [3.05, 3.63) is 101 Å². The second-order valence-electron chi connectivity index (χ2n) is 12.5. The van der Waals surface area contributed by atoms with Gasteiger partial charge in [-0.1, -0.05) is 86.8 Å². The summed E-state index contributed by atoms with van der Waals surface area (Å²) in [5.41, 5.74) is 5.56. The summed E-state index contributed by atoms with van der Waals surface area (Å²) < 4.78 is 59.5. The first kappa shape index (κ1) is 49.1. The number of nitrogens with one attached hydrogen (secondary N) is 1. The number of carbonyl (C=O) groups is 1. The molecule has 12 heteroatoms. The van der Waals surface area contributed by atoms with Gasteiger partial charge in [0.25, 0.3) is 5.92 Å². The topological polar surface area (TPSA) is 86.3 Å². The Bertz CT molecular complexity index is 1750. The molecule has 2 fully saturated rings. The second-order valence-corrected chi connectivity index (χ2v) is 12.5. The molecule has 0 bridgehead atoms. The molecule has 0 unspecified atom stereocenters. The van der Waals surface area contributed by atoms with Gasteiger partial charge in [-0.2, -0.15) is 12.1 Å². The molecule has 1 saturated carbocycles. The van der Waals surface area contributed by atoms with Crippen LogP contribution in [0.1, 0.15) is 54.4 Å². The molecule has 294 valence electrons. The maximum Gasteiger partial charge on any atom is 1.00 e. The van der Waals surface area contributed by atoms with Crippen molar-refractivity contribution in [2.45, 2.75) is 58.4 Å². The number of methoxy groups -OCH3 is 4. The number of benzene rings is 4. The SMILES string of the molecule is C1CC1.C=Cc1c(C)c[c-]cc1F.CNCC(=O)OC.CO[C-]=O.COc1ccc(CN2CCC(F)(F)CC2)c(OC)c1-c1cccc2c(C)cccc12.[Na+]. The minimum absolute atomic E-state index is 0. The number of esters is 1. The number of likely N-dealkylation sites (tertiary alicyclic amines) is 1. The summed E-state index contributed by atoms with van der Waals surface area (Å²) in [5, 5.41) is 4.96. The van der Waals surface area contributed by atoms with Crippen LogP contribution in [0.2, 0.25) is 0 Å². The Morgan fingerprint density at radius 2 is 1.56 bits per heavy atom. The molecule has 1 saturated heterocycles. The van der Waals surface area contributed by atoms with Gasteiger partial charge in [0, 0.05) is 51.0 Å². The zero-order chi connectivity index (χ0) is 40.1. The van der Waals surface area contributed by atoms with Gasteiger partial charge in [-0.25, -0.2) is 8.78 Å². The average molecular weight is 774 g/mol. The Hall–Kier alpha value is -3.87. The molecule has 4 aromatic carbocycles. The summed E-state index contributed by atoms with van der Waals surface area (Å²) >= 11 is 0. The fraction of sp³-hybridized carbons (Fsp3) is 0.395.